The highest BCUT2D eigenvalue weighted by Crippen LogP contribution is 2.17. The van der Waals surface area contributed by atoms with E-state index >= 15 is 0 Å². The molecule has 2 nitrogen and oxygen atoms in total. The molecule has 0 spiro atoms. The topological polar surface area (TPSA) is 15.3 Å². The largest absolute Gasteiger partial charge is 0.401 e. The smallest absolute Gasteiger partial charge is 0.384 e. The van der Waals surface area contributed by atoms with Crippen LogP contribution in [0.2, 0.25) is 0 Å². The van der Waals surface area contributed by atoms with Crippen molar-refractivity contribution < 1.29 is 13.2 Å². The molecule has 1 aromatic rings. The predicted octanol–water partition coefficient (Wildman–Crippen LogP) is 3.75. The van der Waals surface area contributed by atoms with E-state index in [1.165, 1.54) is 4.90 Å². The lowest BCUT2D eigenvalue weighted by atomic mass is 10.3. The summed E-state index contributed by atoms with van der Waals surface area (Å²) in [6.45, 7) is 2.11. The Kier molecular flexibility index (Phi) is 5.95. The van der Waals surface area contributed by atoms with Crippen LogP contribution in [0.5, 0.6) is 0 Å². The lowest BCUT2D eigenvalue weighted by Crippen LogP contribution is -2.37. The summed E-state index contributed by atoms with van der Waals surface area (Å²) in [4.78, 5) is 1.37. The van der Waals surface area contributed by atoms with E-state index < -0.39 is 12.7 Å². The number of rotatable bonds is 6. The fourth-order valence-electron chi connectivity index (χ4n) is 1.56. The van der Waals surface area contributed by atoms with E-state index in [9.17, 15) is 13.2 Å². The number of alkyl halides is 3. The van der Waals surface area contributed by atoms with Crippen LogP contribution >= 0.6 is 15.9 Å². The van der Waals surface area contributed by atoms with Crippen molar-refractivity contribution in [3.05, 3.63) is 28.7 Å². The van der Waals surface area contributed by atoms with E-state index in [1.807, 2.05) is 24.3 Å². The van der Waals surface area contributed by atoms with Crippen LogP contribution in [0.1, 0.15) is 6.92 Å². The van der Waals surface area contributed by atoms with Gasteiger partial charge < -0.3 is 5.32 Å². The van der Waals surface area contributed by atoms with Gasteiger partial charge >= 0.3 is 6.18 Å². The molecule has 0 amide bonds. The Morgan fingerprint density at radius 1 is 1.33 bits per heavy atom. The van der Waals surface area contributed by atoms with Gasteiger partial charge in [0.25, 0.3) is 0 Å². The number of likely N-dealkylation sites (N-methyl/N-ethyl adjacent to an activating group) is 1. The average molecular weight is 325 g/mol. The third-order valence-electron chi connectivity index (χ3n) is 2.43. The molecule has 0 atom stereocenters. The van der Waals surface area contributed by atoms with Crippen molar-refractivity contribution >= 4 is 21.6 Å². The van der Waals surface area contributed by atoms with Crippen LogP contribution in [0.15, 0.2) is 28.7 Å². The molecule has 0 heterocycles. The first-order valence-electron chi connectivity index (χ1n) is 5.69. The van der Waals surface area contributed by atoms with Gasteiger partial charge in [0.15, 0.2) is 0 Å². The molecule has 0 aliphatic rings. The van der Waals surface area contributed by atoms with Crippen molar-refractivity contribution in [2.45, 2.75) is 13.1 Å². The molecule has 0 bridgehead atoms. The van der Waals surface area contributed by atoms with E-state index in [-0.39, 0.29) is 0 Å². The van der Waals surface area contributed by atoms with Gasteiger partial charge in [-0.1, -0.05) is 28.9 Å². The predicted molar refractivity (Wildman–Crippen MR) is 70.8 cm³/mol. The molecule has 0 fully saturated rings. The molecule has 102 valence electrons. The van der Waals surface area contributed by atoms with Gasteiger partial charge in [0.1, 0.15) is 0 Å². The molecule has 0 saturated heterocycles. The number of nitrogens with one attached hydrogen (secondary N) is 1. The lowest BCUT2D eigenvalue weighted by molar-refractivity contribution is -0.145. The van der Waals surface area contributed by atoms with Crippen LogP contribution in [-0.4, -0.2) is 37.3 Å². The van der Waals surface area contributed by atoms with Crippen molar-refractivity contribution in [3.63, 3.8) is 0 Å². The van der Waals surface area contributed by atoms with Crippen LogP contribution in [0.25, 0.3) is 0 Å². The highest BCUT2D eigenvalue weighted by atomic mass is 79.9. The van der Waals surface area contributed by atoms with Crippen LogP contribution in [0.4, 0.5) is 18.9 Å². The SMILES string of the molecule is CCN(CCNc1cccc(Br)c1)CC(F)(F)F. The van der Waals surface area contributed by atoms with Crippen molar-refractivity contribution in [1.29, 1.82) is 0 Å². The standard InChI is InChI=1S/C12H16BrF3N2/c1-2-18(9-12(14,15)16)7-6-17-11-5-3-4-10(13)8-11/h3-5,8,17H,2,6-7,9H2,1H3. The summed E-state index contributed by atoms with van der Waals surface area (Å²) >= 11 is 3.34. The van der Waals surface area contributed by atoms with Crippen molar-refractivity contribution in [1.82, 2.24) is 4.90 Å². The van der Waals surface area contributed by atoms with Crippen molar-refractivity contribution in [2.75, 3.05) is 31.5 Å². The molecule has 6 heteroatoms. The molecular formula is C12H16BrF3N2. The second-order valence-electron chi connectivity index (χ2n) is 3.92. The van der Waals surface area contributed by atoms with Crippen LogP contribution in [-0.2, 0) is 0 Å². The quantitative estimate of drug-likeness (QED) is 0.857. The van der Waals surface area contributed by atoms with Crippen molar-refractivity contribution in [3.8, 4) is 0 Å². The minimum atomic E-state index is -4.13. The van der Waals surface area contributed by atoms with E-state index in [2.05, 4.69) is 21.2 Å². The molecule has 1 N–H and O–H groups in total. The summed E-state index contributed by atoms with van der Waals surface area (Å²) in [6, 6.07) is 7.54. The van der Waals surface area contributed by atoms with E-state index in [4.69, 9.17) is 0 Å². The van der Waals surface area contributed by atoms with Gasteiger partial charge in [-0.25, -0.2) is 0 Å². The van der Waals surface area contributed by atoms with Gasteiger partial charge in [-0.2, -0.15) is 13.2 Å². The number of hydrogen-bond acceptors (Lipinski definition) is 2. The van der Waals surface area contributed by atoms with Gasteiger partial charge in [-0.05, 0) is 24.7 Å². The summed E-state index contributed by atoms with van der Waals surface area (Å²) in [5, 5.41) is 3.10. The molecule has 0 saturated carbocycles. The molecule has 0 aliphatic carbocycles. The number of nitrogens with zero attached hydrogens (tertiary/aromatic N) is 1. The third kappa shape index (κ3) is 6.26. The van der Waals surface area contributed by atoms with Crippen LogP contribution in [0.3, 0.4) is 0 Å². The van der Waals surface area contributed by atoms with Crippen molar-refractivity contribution in [2.24, 2.45) is 0 Å². The zero-order valence-electron chi connectivity index (χ0n) is 10.1. The first kappa shape index (κ1) is 15.3. The zero-order chi connectivity index (χ0) is 13.6. The van der Waals surface area contributed by atoms with Gasteiger partial charge in [0, 0.05) is 23.2 Å². The fraction of sp³-hybridized carbons (Fsp3) is 0.500. The summed E-state index contributed by atoms with van der Waals surface area (Å²) in [5.74, 6) is 0. The normalized spacial score (nSPS) is 11.9. The number of anilines is 1. The monoisotopic (exact) mass is 324 g/mol. The van der Waals surface area contributed by atoms with Crippen LogP contribution in [0, 0.1) is 0 Å². The van der Waals surface area contributed by atoms with E-state index in [0.29, 0.717) is 19.6 Å². The van der Waals surface area contributed by atoms with Gasteiger partial charge in [0.05, 0.1) is 6.54 Å². The number of hydrogen-bond donors (Lipinski definition) is 1. The third-order valence-corrected chi connectivity index (χ3v) is 2.93. The van der Waals surface area contributed by atoms with Gasteiger partial charge in [-0.15, -0.1) is 0 Å². The molecular weight excluding hydrogens is 309 g/mol. The summed E-state index contributed by atoms with van der Waals surface area (Å²) in [7, 11) is 0. The second-order valence-corrected chi connectivity index (χ2v) is 4.84. The van der Waals surface area contributed by atoms with Gasteiger partial charge in [-0.3, -0.25) is 4.90 Å². The maximum atomic E-state index is 12.2. The summed E-state index contributed by atoms with van der Waals surface area (Å²) in [5.41, 5.74) is 0.896. The zero-order valence-corrected chi connectivity index (χ0v) is 11.7. The number of benzene rings is 1. The van der Waals surface area contributed by atoms with Crippen LogP contribution < -0.4 is 5.32 Å². The Morgan fingerprint density at radius 3 is 2.61 bits per heavy atom. The summed E-state index contributed by atoms with van der Waals surface area (Å²) in [6.07, 6.45) is -4.13. The maximum absolute atomic E-state index is 12.2. The Morgan fingerprint density at radius 2 is 2.06 bits per heavy atom. The van der Waals surface area contributed by atoms with Gasteiger partial charge in [0.2, 0.25) is 0 Å². The molecule has 1 aromatic carbocycles. The Labute approximate surface area is 113 Å². The van der Waals surface area contributed by atoms with E-state index in [1.54, 1.807) is 6.92 Å². The molecule has 0 aliphatic heterocycles. The number of halogens is 4. The first-order chi connectivity index (χ1) is 8.40. The average Bonchev–Trinajstić information content (AvgIpc) is 2.26. The second kappa shape index (κ2) is 6.99. The highest BCUT2D eigenvalue weighted by molar-refractivity contribution is 9.10. The Hall–Kier alpha value is -0.750. The molecule has 0 radical (unpaired) electrons. The molecule has 1 rings (SSSR count). The molecule has 18 heavy (non-hydrogen) atoms. The highest BCUT2D eigenvalue weighted by Gasteiger charge is 2.29. The first-order valence-corrected chi connectivity index (χ1v) is 6.48. The molecule has 0 aromatic heterocycles. The minimum Gasteiger partial charge on any atom is -0.384 e. The Bertz CT molecular complexity index is 369. The Balaban J connectivity index is 2.35. The minimum absolute atomic E-state index is 0.364. The maximum Gasteiger partial charge on any atom is 0.401 e. The lowest BCUT2D eigenvalue weighted by Gasteiger charge is -2.22. The summed E-state index contributed by atoms with van der Waals surface area (Å²) < 4.78 is 37.6. The fourth-order valence-corrected chi connectivity index (χ4v) is 1.96. The molecule has 0 unspecified atom stereocenters. The van der Waals surface area contributed by atoms with E-state index in [0.717, 1.165) is 10.2 Å².